The minimum Gasteiger partial charge on any atom is -0.357 e. The Morgan fingerprint density at radius 1 is 1.24 bits per heavy atom. The third-order valence-corrected chi connectivity index (χ3v) is 3.35. The number of pyridine rings is 1. The first-order valence-electron chi connectivity index (χ1n) is 6.61. The fourth-order valence-electron chi connectivity index (χ4n) is 2.19. The van der Waals surface area contributed by atoms with Gasteiger partial charge in [0.2, 0.25) is 0 Å². The number of fused-ring (bicyclic) bond motifs is 1. The Balaban J connectivity index is 1.89. The van der Waals surface area contributed by atoms with E-state index in [0.717, 1.165) is 24.0 Å². The number of likely N-dealkylation sites (N-methyl/N-ethyl adjacent to an activating group) is 1. The molecule has 0 aliphatic rings. The maximum absolute atomic E-state index is 9.34. The van der Waals surface area contributed by atoms with Crippen LogP contribution in [0.15, 0.2) is 43.0 Å². The van der Waals surface area contributed by atoms with Gasteiger partial charge in [0, 0.05) is 25.5 Å². The Labute approximate surface area is 122 Å². The van der Waals surface area contributed by atoms with Crippen molar-refractivity contribution in [1.82, 2.24) is 19.7 Å². The standard InChI is InChI=1S/C15H14N6/c1-20(6-7-21-10-17-18-11-21)15-13(9-16)8-12-4-2-3-5-14(12)19-15/h2-5,8,10-11H,6-7H2,1H3. The molecule has 0 atom stereocenters. The van der Waals surface area contributed by atoms with E-state index in [0.29, 0.717) is 11.4 Å². The van der Waals surface area contributed by atoms with Gasteiger partial charge in [-0.05, 0) is 12.1 Å². The maximum atomic E-state index is 9.34. The second-order valence-electron chi connectivity index (χ2n) is 4.79. The highest BCUT2D eigenvalue weighted by Gasteiger charge is 2.11. The van der Waals surface area contributed by atoms with Gasteiger partial charge in [-0.15, -0.1) is 10.2 Å². The van der Waals surface area contributed by atoms with Crippen LogP contribution in [0.1, 0.15) is 5.56 Å². The van der Waals surface area contributed by atoms with Crippen LogP contribution in [0.25, 0.3) is 10.9 Å². The number of aromatic nitrogens is 4. The van der Waals surface area contributed by atoms with Crippen LogP contribution in [0.4, 0.5) is 5.82 Å². The molecule has 1 aromatic carbocycles. The van der Waals surface area contributed by atoms with E-state index in [1.807, 2.05) is 46.8 Å². The molecule has 0 aliphatic heterocycles. The van der Waals surface area contributed by atoms with Crippen LogP contribution in [-0.4, -0.2) is 33.3 Å². The van der Waals surface area contributed by atoms with Gasteiger partial charge in [-0.2, -0.15) is 5.26 Å². The van der Waals surface area contributed by atoms with Gasteiger partial charge in [-0.25, -0.2) is 4.98 Å². The Bertz CT molecular complexity index is 788. The summed E-state index contributed by atoms with van der Waals surface area (Å²) in [5.74, 6) is 0.698. The molecule has 0 saturated heterocycles. The molecule has 0 aliphatic carbocycles. The van der Waals surface area contributed by atoms with E-state index in [9.17, 15) is 5.26 Å². The lowest BCUT2D eigenvalue weighted by Gasteiger charge is -2.19. The van der Waals surface area contributed by atoms with Crippen LogP contribution in [-0.2, 0) is 6.54 Å². The minimum atomic E-state index is 0.583. The molecule has 2 aromatic heterocycles. The summed E-state index contributed by atoms with van der Waals surface area (Å²) in [4.78, 5) is 6.59. The van der Waals surface area contributed by atoms with E-state index in [1.54, 1.807) is 12.7 Å². The lowest BCUT2D eigenvalue weighted by molar-refractivity contribution is 0.678. The van der Waals surface area contributed by atoms with Gasteiger partial charge in [0.15, 0.2) is 0 Å². The summed E-state index contributed by atoms with van der Waals surface area (Å²) in [6.07, 6.45) is 3.35. The molecule has 104 valence electrons. The highest BCUT2D eigenvalue weighted by atomic mass is 15.2. The molecular formula is C15H14N6. The van der Waals surface area contributed by atoms with Crippen molar-refractivity contribution in [3.8, 4) is 6.07 Å². The summed E-state index contributed by atoms with van der Waals surface area (Å²) in [5.41, 5.74) is 1.47. The summed E-state index contributed by atoms with van der Waals surface area (Å²) >= 11 is 0. The zero-order valence-corrected chi connectivity index (χ0v) is 11.6. The fraction of sp³-hybridized carbons (Fsp3) is 0.200. The predicted octanol–water partition coefficient (Wildman–Crippen LogP) is 1.83. The Morgan fingerprint density at radius 2 is 2.00 bits per heavy atom. The summed E-state index contributed by atoms with van der Waals surface area (Å²) < 4.78 is 1.89. The number of nitriles is 1. The van der Waals surface area contributed by atoms with E-state index in [4.69, 9.17) is 0 Å². The van der Waals surface area contributed by atoms with E-state index in [1.165, 1.54) is 0 Å². The Kier molecular flexibility index (Phi) is 3.48. The van der Waals surface area contributed by atoms with Gasteiger partial charge in [-0.1, -0.05) is 18.2 Å². The van der Waals surface area contributed by atoms with Crippen molar-refractivity contribution in [2.24, 2.45) is 0 Å². The first kappa shape index (κ1) is 13.1. The quantitative estimate of drug-likeness (QED) is 0.728. The van der Waals surface area contributed by atoms with E-state index < -0.39 is 0 Å². The lowest BCUT2D eigenvalue weighted by Crippen LogP contribution is -2.24. The highest BCUT2D eigenvalue weighted by molar-refractivity contribution is 5.82. The highest BCUT2D eigenvalue weighted by Crippen LogP contribution is 2.22. The molecule has 0 spiro atoms. The topological polar surface area (TPSA) is 70.6 Å². The van der Waals surface area contributed by atoms with Gasteiger partial charge in [0.05, 0.1) is 11.1 Å². The number of hydrogen-bond acceptors (Lipinski definition) is 5. The molecule has 2 heterocycles. The first-order valence-corrected chi connectivity index (χ1v) is 6.61. The smallest absolute Gasteiger partial charge is 0.147 e. The summed E-state index contributed by atoms with van der Waals surface area (Å²) in [5, 5.41) is 17.9. The van der Waals surface area contributed by atoms with Crippen LogP contribution in [0.2, 0.25) is 0 Å². The molecule has 21 heavy (non-hydrogen) atoms. The maximum Gasteiger partial charge on any atom is 0.147 e. The van der Waals surface area contributed by atoms with Crippen LogP contribution in [0.5, 0.6) is 0 Å². The molecule has 0 fully saturated rings. The van der Waals surface area contributed by atoms with Crippen LogP contribution < -0.4 is 4.90 Å². The van der Waals surface area contributed by atoms with E-state index in [-0.39, 0.29) is 0 Å². The second-order valence-corrected chi connectivity index (χ2v) is 4.79. The van der Waals surface area contributed by atoms with Crippen molar-refractivity contribution in [1.29, 1.82) is 5.26 Å². The monoisotopic (exact) mass is 278 g/mol. The number of benzene rings is 1. The molecule has 0 N–H and O–H groups in total. The fourth-order valence-corrected chi connectivity index (χ4v) is 2.19. The SMILES string of the molecule is CN(CCn1cnnc1)c1nc2ccccc2cc1C#N. The van der Waals surface area contributed by atoms with Crippen LogP contribution >= 0.6 is 0 Å². The number of rotatable bonds is 4. The number of para-hydroxylation sites is 1. The normalized spacial score (nSPS) is 10.5. The van der Waals surface area contributed by atoms with Gasteiger partial charge in [0.25, 0.3) is 0 Å². The predicted molar refractivity (Wildman–Crippen MR) is 79.8 cm³/mol. The molecule has 0 saturated carbocycles. The number of hydrogen-bond donors (Lipinski definition) is 0. The zero-order valence-electron chi connectivity index (χ0n) is 11.6. The molecule has 3 rings (SSSR count). The second kappa shape index (κ2) is 5.59. The van der Waals surface area contributed by atoms with Gasteiger partial charge in [0.1, 0.15) is 24.5 Å². The Morgan fingerprint density at radius 3 is 2.76 bits per heavy atom. The molecule has 6 heteroatoms. The van der Waals surface area contributed by atoms with Crippen molar-refractivity contribution in [2.75, 3.05) is 18.5 Å². The summed E-state index contributed by atoms with van der Waals surface area (Å²) in [6, 6.07) is 11.9. The average Bonchev–Trinajstić information content (AvgIpc) is 3.04. The molecule has 0 bridgehead atoms. The molecule has 0 radical (unpaired) electrons. The van der Waals surface area contributed by atoms with Crippen molar-refractivity contribution in [3.05, 3.63) is 48.5 Å². The minimum absolute atomic E-state index is 0.583. The van der Waals surface area contributed by atoms with Crippen molar-refractivity contribution < 1.29 is 0 Å². The van der Waals surface area contributed by atoms with Crippen molar-refractivity contribution >= 4 is 16.7 Å². The van der Waals surface area contributed by atoms with Gasteiger partial charge >= 0.3 is 0 Å². The van der Waals surface area contributed by atoms with Crippen molar-refractivity contribution in [3.63, 3.8) is 0 Å². The Hall–Kier alpha value is -2.94. The zero-order chi connectivity index (χ0) is 14.7. The average molecular weight is 278 g/mol. The number of anilines is 1. The third kappa shape index (κ3) is 2.67. The largest absolute Gasteiger partial charge is 0.357 e. The third-order valence-electron chi connectivity index (χ3n) is 3.35. The lowest BCUT2D eigenvalue weighted by atomic mass is 10.1. The van der Waals surface area contributed by atoms with E-state index >= 15 is 0 Å². The summed E-state index contributed by atoms with van der Waals surface area (Å²) in [7, 11) is 1.93. The van der Waals surface area contributed by atoms with Crippen molar-refractivity contribution in [2.45, 2.75) is 6.54 Å². The molecule has 3 aromatic rings. The molecule has 0 amide bonds. The molecular weight excluding hydrogens is 264 g/mol. The first-order chi connectivity index (χ1) is 10.3. The van der Waals surface area contributed by atoms with Crippen LogP contribution in [0, 0.1) is 11.3 Å². The van der Waals surface area contributed by atoms with Crippen LogP contribution in [0.3, 0.4) is 0 Å². The van der Waals surface area contributed by atoms with Gasteiger partial charge in [-0.3, -0.25) is 0 Å². The molecule has 0 unspecified atom stereocenters. The number of nitrogens with zero attached hydrogens (tertiary/aromatic N) is 6. The summed E-state index contributed by atoms with van der Waals surface area (Å²) in [6.45, 7) is 1.46. The van der Waals surface area contributed by atoms with Gasteiger partial charge < -0.3 is 9.47 Å². The van der Waals surface area contributed by atoms with E-state index in [2.05, 4.69) is 21.3 Å². The molecule has 6 nitrogen and oxygen atoms in total.